The van der Waals surface area contributed by atoms with Crippen LogP contribution in [0, 0.1) is 0 Å². The van der Waals surface area contributed by atoms with Crippen molar-refractivity contribution in [1.82, 2.24) is 9.88 Å². The van der Waals surface area contributed by atoms with Gasteiger partial charge in [0.1, 0.15) is 23.5 Å². The highest BCUT2D eigenvalue weighted by Gasteiger charge is 2.42. The Morgan fingerprint density at radius 3 is 2.70 bits per heavy atom. The molecule has 1 aliphatic heterocycles. The number of benzene rings is 1. The zero-order valence-corrected chi connectivity index (χ0v) is 18.1. The van der Waals surface area contributed by atoms with Gasteiger partial charge in [0.05, 0.1) is 23.7 Å². The molecule has 2 heterocycles. The van der Waals surface area contributed by atoms with Gasteiger partial charge in [-0.3, -0.25) is 4.90 Å². The van der Waals surface area contributed by atoms with Crippen LogP contribution in [-0.4, -0.2) is 58.0 Å². The number of nitrogens with zero attached hydrogens (tertiary/aromatic N) is 2. The number of aromatic nitrogens is 1. The molecule has 0 aliphatic carbocycles. The lowest BCUT2D eigenvalue weighted by Gasteiger charge is -2.26. The molecular formula is C21H25ClN2O6. The van der Waals surface area contributed by atoms with E-state index in [1.807, 2.05) is 13.0 Å². The fourth-order valence-corrected chi connectivity index (χ4v) is 3.52. The number of aliphatic carboxylic acids is 1. The summed E-state index contributed by atoms with van der Waals surface area (Å²) in [5, 5.41) is 10.7. The van der Waals surface area contributed by atoms with Gasteiger partial charge in [-0.05, 0) is 39.8 Å². The number of rotatable bonds is 5. The summed E-state index contributed by atoms with van der Waals surface area (Å²) in [6.45, 7) is 7.53. The number of halogens is 1. The molecule has 1 saturated heterocycles. The fourth-order valence-electron chi connectivity index (χ4n) is 3.30. The van der Waals surface area contributed by atoms with E-state index >= 15 is 0 Å². The predicted molar refractivity (Wildman–Crippen MR) is 111 cm³/mol. The van der Waals surface area contributed by atoms with Gasteiger partial charge in [0.2, 0.25) is 5.88 Å². The molecule has 0 bridgehead atoms. The highest BCUT2D eigenvalue weighted by molar-refractivity contribution is 6.35. The van der Waals surface area contributed by atoms with E-state index in [0.29, 0.717) is 34.2 Å². The van der Waals surface area contributed by atoms with E-state index in [4.69, 9.17) is 25.8 Å². The van der Waals surface area contributed by atoms with Crippen molar-refractivity contribution in [1.29, 1.82) is 0 Å². The third-order valence-electron chi connectivity index (χ3n) is 4.49. The van der Waals surface area contributed by atoms with Crippen molar-refractivity contribution < 1.29 is 28.9 Å². The predicted octanol–water partition coefficient (Wildman–Crippen LogP) is 4.13. The zero-order chi connectivity index (χ0) is 22.1. The summed E-state index contributed by atoms with van der Waals surface area (Å²) in [5.74, 6) is -0.291. The molecule has 8 nitrogen and oxygen atoms in total. The first-order valence-electron chi connectivity index (χ1n) is 9.70. The average molecular weight is 437 g/mol. The molecule has 162 valence electrons. The van der Waals surface area contributed by atoms with Gasteiger partial charge < -0.3 is 19.3 Å². The Balaban J connectivity index is 1.89. The first-order valence-corrected chi connectivity index (χ1v) is 10.1. The first-order chi connectivity index (χ1) is 14.1. The molecule has 2 aromatic rings. The van der Waals surface area contributed by atoms with Crippen LogP contribution in [0.1, 0.15) is 34.1 Å². The van der Waals surface area contributed by atoms with Crippen LogP contribution in [0.25, 0.3) is 10.9 Å². The van der Waals surface area contributed by atoms with Gasteiger partial charge in [0.25, 0.3) is 0 Å². The van der Waals surface area contributed by atoms with E-state index < -0.39 is 29.8 Å². The minimum Gasteiger partial charge on any atom is -0.488 e. The maximum absolute atomic E-state index is 12.5. The van der Waals surface area contributed by atoms with Crippen LogP contribution in [-0.2, 0) is 9.53 Å². The smallest absolute Gasteiger partial charge is 0.411 e. The molecule has 9 heteroatoms. The number of amides is 1. The van der Waals surface area contributed by atoms with Crippen molar-refractivity contribution in [2.24, 2.45) is 0 Å². The van der Waals surface area contributed by atoms with Crippen LogP contribution in [0.5, 0.6) is 11.6 Å². The number of fused-ring (bicyclic) bond motifs is 1. The molecule has 1 aromatic heterocycles. The van der Waals surface area contributed by atoms with E-state index in [-0.39, 0.29) is 13.0 Å². The number of ether oxygens (including phenoxy) is 3. The number of hydrogen-bond acceptors (Lipinski definition) is 6. The highest BCUT2D eigenvalue weighted by Crippen LogP contribution is 2.35. The van der Waals surface area contributed by atoms with Crippen molar-refractivity contribution in [3.05, 3.63) is 29.3 Å². The molecule has 1 N–H and O–H groups in total. The number of para-hydroxylation sites is 1. The summed E-state index contributed by atoms with van der Waals surface area (Å²) in [4.78, 5) is 29.8. The maximum Gasteiger partial charge on any atom is 0.411 e. The summed E-state index contributed by atoms with van der Waals surface area (Å²) in [5.41, 5.74) is -0.208. The Kier molecular flexibility index (Phi) is 6.26. The van der Waals surface area contributed by atoms with Crippen molar-refractivity contribution in [3.63, 3.8) is 0 Å². The molecule has 0 spiro atoms. The Labute approximate surface area is 179 Å². The molecule has 0 radical (unpaired) electrons. The molecule has 30 heavy (non-hydrogen) atoms. The number of carboxylic acid groups (broad SMARTS) is 1. The molecule has 0 unspecified atom stereocenters. The van der Waals surface area contributed by atoms with Gasteiger partial charge in [-0.15, -0.1) is 0 Å². The van der Waals surface area contributed by atoms with Crippen molar-refractivity contribution >= 4 is 34.6 Å². The topological polar surface area (TPSA) is 98.2 Å². The zero-order valence-electron chi connectivity index (χ0n) is 17.3. The SMILES string of the molecule is CCOc1cc(O[C@@H]2C[C@@H](C(=O)O)N(C(=O)OC(C)(C)C)C2)c2cccc(Cl)c2n1. The lowest BCUT2D eigenvalue weighted by molar-refractivity contribution is -0.142. The van der Waals surface area contributed by atoms with E-state index in [1.165, 1.54) is 4.90 Å². The second kappa shape index (κ2) is 8.55. The third-order valence-corrected chi connectivity index (χ3v) is 4.80. The molecule has 3 rings (SSSR count). The number of likely N-dealkylation sites (tertiary alicyclic amines) is 1. The van der Waals surface area contributed by atoms with Gasteiger partial charge in [0, 0.05) is 17.9 Å². The first kappa shape index (κ1) is 22.0. The number of pyridine rings is 1. The largest absolute Gasteiger partial charge is 0.488 e. The minimum atomic E-state index is -1.11. The van der Waals surface area contributed by atoms with Crippen LogP contribution < -0.4 is 9.47 Å². The van der Waals surface area contributed by atoms with Crippen LogP contribution in [0.2, 0.25) is 5.02 Å². The maximum atomic E-state index is 12.5. The normalized spacial score (nSPS) is 19.0. The Morgan fingerprint density at radius 1 is 1.33 bits per heavy atom. The van der Waals surface area contributed by atoms with Crippen LogP contribution >= 0.6 is 11.6 Å². The van der Waals surface area contributed by atoms with Crippen molar-refractivity contribution in [2.75, 3.05) is 13.2 Å². The van der Waals surface area contributed by atoms with Crippen LogP contribution in [0.4, 0.5) is 4.79 Å². The van der Waals surface area contributed by atoms with Crippen LogP contribution in [0.3, 0.4) is 0 Å². The minimum absolute atomic E-state index is 0.0836. The van der Waals surface area contributed by atoms with E-state index in [9.17, 15) is 14.7 Å². The summed E-state index contributed by atoms with van der Waals surface area (Å²) in [7, 11) is 0. The second-order valence-electron chi connectivity index (χ2n) is 7.99. The number of carbonyl (C=O) groups is 2. The third kappa shape index (κ3) is 4.87. The van der Waals surface area contributed by atoms with Crippen molar-refractivity contribution in [2.45, 2.75) is 51.9 Å². The summed E-state index contributed by atoms with van der Waals surface area (Å²) < 4.78 is 17.0. The molecule has 1 aliphatic rings. The van der Waals surface area contributed by atoms with Gasteiger partial charge >= 0.3 is 12.1 Å². The van der Waals surface area contributed by atoms with E-state index in [1.54, 1.807) is 39.0 Å². The number of carbonyl (C=O) groups excluding carboxylic acids is 1. The molecule has 0 saturated carbocycles. The monoisotopic (exact) mass is 436 g/mol. The number of carboxylic acids is 1. The summed E-state index contributed by atoms with van der Waals surface area (Å²) >= 11 is 6.29. The average Bonchev–Trinajstić information content (AvgIpc) is 3.06. The molecule has 2 atom stereocenters. The van der Waals surface area contributed by atoms with E-state index in [0.717, 1.165) is 0 Å². The lowest BCUT2D eigenvalue weighted by Crippen LogP contribution is -2.43. The van der Waals surface area contributed by atoms with Crippen LogP contribution in [0.15, 0.2) is 24.3 Å². The molecule has 1 fully saturated rings. The summed E-state index contributed by atoms with van der Waals surface area (Å²) in [6.07, 6.45) is -1.10. The van der Waals surface area contributed by atoms with Crippen molar-refractivity contribution in [3.8, 4) is 11.6 Å². The molecular weight excluding hydrogens is 412 g/mol. The van der Waals surface area contributed by atoms with Gasteiger partial charge in [-0.25, -0.2) is 14.6 Å². The lowest BCUT2D eigenvalue weighted by atomic mass is 10.2. The molecule has 1 amide bonds. The Morgan fingerprint density at radius 2 is 2.07 bits per heavy atom. The fraction of sp³-hybridized carbons (Fsp3) is 0.476. The summed E-state index contributed by atoms with van der Waals surface area (Å²) in [6, 6.07) is 5.92. The van der Waals surface area contributed by atoms with Gasteiger partial charge in [-0.2, -0.15) is 0 Å². The van der Waals surface area contributed by atoms with Gasteiger partial charge in [-0.1, -0.05) is 17.7 Å². The quantitative estimate of drug-likeness (QED) is 0.752. The Hall–Kier alpha value is -2.74. The van der Waals surface area contributed by atoms with Gasteiger partial charge in [0.15, 0.2) is 0 Å². The molecule has 1 aromatic carbocycles. The number of hydrogen-bond donors (Lipinski definition) is 1. The Bertz CT molecular complexity index is 958. The second-order valence-corrected chi connectivity index (χ2v) is 8.40. The van der Waals surface area contributed by atoms with E-state index in [2.05, 4.69) is 4.98 Å². The highest BCUT2D eigenvalue weighted by atomic mass is 35.5. The standard InChI is InChI=1S/C21H25ClN2O6/c1-5-28-17-10-16(13-7-6-8-14(22)18(13)23-17)29-12-9-15(19(25)26)24(11-12)20(27)30-21(2,3)4/h6-8,10,12,15H,5,9,11H2,1-4H3,(H,25,26)/t12-,15+/m1/s1.